The largest absolute Gasteiger partial charge is 0.497 e. The number of nitrogens with zero attached hydrogens (tertiary/aromatic N) is 1. The van der Waals surface area contributed by atoms with E-state index >= 15 is 0 Å². The highest BCUT2D eigenvalue weighted by molar-refractivity contribution is 6.05. The predicted octanol–water partition coefficient (Wildman–Crippen LogP) is 1.76. The second kappa shape index (κ2) is 7.14. The molecule has 0 atom stereocenters. The van der Waals surface area contributed by atoms with E-state index in [-0.39, 0.29) is 24.4 Å². The van der Waals surface area contributed by atoms with Gasteiger partial charge in [0.2, 0.25) is 5.91 Å². The summed E-state index contributed by atoms with van der Waals surface area (Å²) >= 11 is 0. The number of ether oxygens (including phenoxy) is 2. The zero-order chi connectivity index (χ0) is 18.7. The molecule has 1 aliphatic rings. The van der Waals surface area contributed by atoms with Gasteiger partial charge in [0.25, 0.3) is 5.91 Å². The normalized spacial score (nSPS) is 12.8. The number of carbonyl (C=O) groups excluding carboxylic acids is 2. The van der Waals surface area contributed by atoms with Gasteiger partial charge in [-0.15, -0.1) is 0 Å². The van der Waals surface area contributed by atoms with Gasteiger partial charge in [-0.05, 0) is 42.5 Å². The van der Waals surface area contributed by atoms with Crippen molar-refractivity contribution < 1.29 is 29.0 Å². The van der Waals surface area contributed by atoms with Crippen LogP contribution in [0.15, 0.2) is 42.5 Å². The van der Waals surface area contributed by atoms with Crippen molar-refractivity contribution in [3.8, 4) is 11.5 Å². The Morgan fingerprint density at radius 1 is 1.23 bits per heavy atom. The number of anilines is 2. The molecule has 2 aromatic carbocycles. The Labute approximate surface area is 148 Å². The lowest BCUT2D eigenvalue weighted by Gasteiger charge is -2.29. The standard InChI is InChI=1S/C18H16N2O6/c1-25-13-5-3-12(4-6-13)19-16(21)9-20-14-8-11(18(23)24)2-7-15(14)26-10-17(20)22/h2-8H,9-10H2,1H3,(H,19,21)(H,23,24). The lowest BCUT2D eigenvalue weighted by atomic mass is 10.1. The highest BCUT2D eigenvalue weighted by Gasteiger charge is 2.28. The zero-order valence-electron chi connectivity index (χ0n) is 13.9. The van der Waals surface area contributed by atoms with E-state index in [0.717, 1.165) is 0 Å². The Morgan fingerprint density at radius 3 is 2.62 bits per heavy atom. The number of carboxylic acid groups (broad SMARTS) is 1. The fraction of sp³-hybridized carbons (Fsp3) is 0.167. The van der Waals surface area contributed by atoms with Crippen LogP contribution in [0.5, 0.6) is 11.5 Å². The molecule has 26 heavy (non-hydrogen) atoms. The summed E-state index contributed by atoms with van der Waals surface area (Å²) in [7, 11) is 1.54. The van der Waals surface area contributed by atoms with Gasteiger partial charge in [-0.1, -0.05) is 0 Å². The van der Waals surface area contributed by atoms with Crippen LogP contribution in [0.2, 0.25) is 0 Å². The van der Waals surface area contributed by atoms with Gasteiger partial charge in [-0.25, -0.2) is 4.79 Å². The van der Waals surface area contributed by atoms with Gasteiger partial charge in [-0.3, -0.25) is 14.5 Å². The number of rotatable bonds is 5. The third kappa shape index (κ3) is 3.59. The average molecular weight is 356 g/mol. The maximum atomic E-state index is 12.3. The minimum absolute atomic E-state index is 0.00242. The molecule has 0 radical (unpaired) electrons. The number of carbonyl (C=O) groups is 3. The molecule has 8 heteroatoms. The zero-order valence-corrected chi connectivity index (χ0v) is 13.9. The van der Waals surface area contributed by atoms with E-state index in [1.165, 1.54) is 23.1 Å². The fourth-order valence-corrected chi connectivity index (χ4v) is 2.53. The van der Waals surface area contributed by atoms with Crippen molar-refractivity contribution in [2.75, 3.05) is 30.5 Å². The summed E-state index contributed by atoms with van der Waals surface area (Å²) in [5, 5.41) is 11.8. The highest BCUT2D eigenvalue weighted by atomic mass is 16.5. The Balaban J connectivity index is 1.78. The molecule has 0 aliphatic carbocycles. The number of hydrogen-bond acceptors (Lipinski definition) is 5. The first-order chi connectivity index (χ1) is 12.5. The molecule has 0 bridgehead atoms. The lowest BCUT2D eigenvalue weighted by molar-refractivity contribution is -0.123. The molecule has 0 saturated carbocycles. The van der Waals surface area contributed by atoms with E-state index in [1.807, 2.05) is 0 Å². The summed E-state index contributed by atoms with van der Waals surface area (Å²) in [5.41, 5.74) is 0.810. The summed E-state index contributed by atoms with van der Waals surface area (Å²) in [6.07, 6.45) is 0. The minimum atomic E-state index is -1.13. The smallest absolute Gasteiger partial charge is 0.335 e. The molecular weight excluding hydrogens is 340 g/mol. The predicted molar refractivity (Wildman–Crippen MR) is 92.9 cm³/mol. The van der Waals surface area contributed by atoms with Crippen LogP contribution in [-0.4, -0.2) is 43.2 Å². The van der Waals surface area contributed by atoms with Crippen LogP contribution in [-0.2, 0) is 9.59 Å². The molecule has 0 spiro atoms. The quantitative estimate of drug-likeness (QED) is 0.846. The average Bonchev–Trinajstić information content (AvgIpc) is 2.64. The van der Waals surface area contributed by atoms with Crippen molar-refractivity contribution in [3.05, 3.63) is 48.0 Å². The maximum Gasteiger partial charge on any atom is 0.335 e. The van der Waals surface area contributed by atoms with E-state index in [1.54, 1.807) is 31.4 Å². The summed E-state index contributed by atoms with van der Waals surface area (Å²) in [6, 6.07) is 10.9. The molecule has 0 saturated heterocycles. The third-order valence-electron chi connectivity index (χ3n) is 3.82. The van der Waals surface area contributed by atoms with E-state index in [4.69, 9.17) is 14.6 Å². The lowest BCUT2D eigenvalue weighted by Crippen LogP contribution is -2.43. The van der Waals surface area contributed by atoms with Crippen LogP contribution < -0.4 is 19.7 Å². The van der Waals surface area contributed by atoms with Gasteiger partial charge in [0.1, 0.15) is 18.0 Å². The minimum Gasteiger partial charge on any atom is -0.497 e. The van der Waals surface area contributed by atoms with Crippen molar-refractivity contribution in [1.29, 1.82) is 0 Å². The molecule has 8 nitrogen and oxygen atoms in total. The van der Waals surface area contributed by atoms with Gasteiger partial charge in [0, 0.05) is 5.69 Å². The Bertz CT molecular complexity index is 862. The van der Waals surface area contributed by atoms with Crippen LogP contribution in [0.1, 0.15) is 10.4 Å². The first-order valence-electron chi connectivity index (χ1n) is 7.72. The van der Waals surface area contributed by atoms with Crippen molar-refractivity contribution in [2.24, 2.45) is 0 Å². The second-order valence-corrected chi connectivity index (χ2v) is 5.53. The van der Waals surface area contributed by atoms with Crippen LogP contribution >= 0.6 is 0 Å². The number of aromatic carboxylic acids is 1. The van der Waals surface area contributed by atoms with E-state index in [0.29, 0.717) is 17.2 Å². The van der Waals surface area contributed by atoms with Crippen LogP contribution in [0, 0.1) is 0 Å². The molecule has 0 fully saturated rings. The van der Waals surface area contributed by atoms with E-state index < -0.39 is 17.8 Å². The van der Waals surface area contributed by atoms with Gasteiger partial charge < -0.3 is 19.9 Å². The topological polar surface area (TPSA) is 105 Å². The number of methoxy groups -OCH3 is 1. The molecule has 0 aromatic heterocycles. The molecule has 134 valence electrons. The third-order valence-corrected chi connectivity index (χ3v) is 3.82. The summed E-state index contributed by atoms with van der Waals surface area (Å²) in [4.78, 5) is 36.9. The number of benzene rings is 2. The van der Waals surface area contributed by atoms with Gasteiger partial charge in [-0.2, -0.15) is 0 Å². The molecule has 3 rings (SSSR count). The number of nitrogens with one attached hydrogen (secondary N) is 1. The number of carboxylic acids is 1. The van der Waals surface area contributed by atoms with Gasteiger partial charge >= 0.3 is 5.97 Å². The summed E-state index contributed by atoms with van der Waals surface area (Å²) in [6.45, 7) is -0.473. The van der Waals surface area contributed by atoms with Crippen molar-refractivity contribution >= 4 is 29.2 Å². The van der Waals surface area contributed by atoms with Gasteiger partial charge in [0.05, 0.1) is 18.4 Å². The molecule has 0 unspecified atom stereocenters. The molecule has 1 aliphatic heterocycles. The first-order valence-corrected chi connectivity index (χ1v) is 7.72. The maximum absolute atomic E-state index is 12.3. The SMILES string of the molecule is COc1ccc(NC(=O)CN2C(=O)COc3ccc(C(=O)O)cc32)cc1. The Hall–Kier alpha value is -3.55. The fourth-order valence-electron chi connectivity index (χ4n) is 2.53. The van der Waals surface area contributed by atoms with Gasteiger partial charge in [0.15, 0.2) is 6.61 Å². The molecule has 2 aromatic rings. The summed E-state index contributed by atoms with van der Waals surface area (Å²) in [5.74, 6) is -0.969. The Kier molecular flexibility index (Phi) is 4.74. The van der Waals surface area contributed by atoms with Crippen molar-refractivity contribution in [2.45, 2.75) is 0 Å². The first kappa shape index (κ1) is 17.3. The number of hydrogen-bond donors (Lipinski definition) is 2. The van der Waals surface area contributed by atoms with Crippen LogP contribution in [0.3, 0.4) is 0 Å². The molecule has 2 N–H and O–H groups in total. The molecule has 1 heterocycles. The van der Waals surface area contributed by atoms with Crippen molar-refractivity contribution in [1.82, 2.24) is 0 Å². The highest BCUT2D eigenvalue weighted by Crippen LogP contribution is 2.33. The van der Waals surface area contributed by atoms with E-state index in [9.17, 15) is 14.4 Å². The van der Waals surface area contributed by atoms with E-state index in [2.05, 4.69) is 5.32 Å². The summed E-state index contributed by atoms with van der Waals surface area (Å²) < 4.78 is 10.3. The monoisotopic (exact) mass is 356 g/mol. The molecule has 2 amide bonds. The van der Waals surface area contributed by atoms with Crippen LogP contribution in [0.4, 0.5) is 11.4 Å². The Morgan fingerprint density at radius 2 is 1.96 bits per heavy atom. The van der Waals surface area contributed by atoms with Crippen LogP contribution in [0.25, 0.3) is 0 Å². The number of fused-ring (bicyclic) bond motifs is 1. The van der Waals surface area contributed by atoms with Crippen molar-refractivity contribution in [3.63, 3.8) is 0 Å². The molecular formula is C18H16N2O6. The number of amides is 2. The second-order valence-electron chi connectivity index (χ2n) is 5.53.